The highest BCUT2D eigenvalue weighted by molar-refractivity contribution is 5.91. The van der Waals surface area contributed by atoms with Gasteiger partial charge >= 0.3 is 0 Å². The number of aromatic nitrogens is 1. The largest absolute Gasteiger partial charge is 0.459 e. The van der Waals surface area contributed by atoms with Gasteiger partial charge in [-0.15, -0.1) is 0 Å². The van der Waals surface area contributed by atoms with Gasteiger partial charge in [-0.05, 0) is 43.5 Å². The highest BCUT2D eigenvalue weighted by atomic mass is 16.3. The first-order valence-corrected chi connectivity index (χ1v) is 8.16. The minimum absolute atomic E-state index is 0.0332. The van der Waals surface area contributed by atoms with E-state index in [4.69, 9.17) is 4.42 Å². The van der Waals surface area contributed by atoms with Crippen LogP contribution in [-0.4, -0.2) is 40.8 Å². The summed E-state index contributed by atoms with van der Waals surface area (Å²) in [5.41, 5.74) is 1.79. The van der Waals surface area contributed by atoms with Crippen molar-refractivity contribution in [3.8, 4) is 0 Å². The highest BCUT2D eigenvalue weighted by Crippen LogP contribution is 2.14. The van der Waals surface area contributed by atoms with Crippen molar-refractivity contribution in [3.05, 3.63) is 53.7 Å². The van der Waals surface area contributed by atoms with Crippen LogP contribution in [0.5, 0.6) is 0 Å². The van der Waals surface area contributed by atoms with Crippen molar-refractivity contribution >= 4 is 11.8 Å². The third-order valence-corrected chi connectivity index (χ3v) is 4.25. The number of furan rings is 1. The lowest BCUT2D eigenvalue weighted by molar-refractivity contribution is -0.121. The molecular formula is C18H21N3O3. The Bertz CT molecular complexity index is 712. The topological polar surface area (TPSA) is 75.4 Å². The van der Waals surface area contributed by atoms with Crippen LogP contribution in [0, 0.1) is 6.92 Å². The maximum atomic E-state index is 12.3. The van der Waals surface area contributed by atoms with E-state index in [2.05, 4.69) is 10.3 Å². The number of pyridine rings is 1. The summed E-state index contributed by atoms with van der Waals surface area (Å²) in [4.78, 5) is 30.6. The van der Waals surface area contributed by atoms with Crippen molar-refractivity contribution in [3.63, 3.8) is 0 Å². The lowest BCUT2D eigenvalue weighted by atomic mass is 10.0. The summed E-state index contributed by atoms with van der Waals surface area (Å²) in [5.74, 6) is 0.153. The van der Waals surface area contributed by atoms with Gasteiger partial charge in [-0.2, -0.15) is 0 Å². The van der Waals surface area contributed by atoms with Crippen molar-refractivity contribution in [2.45, 2.75) is 32.2 Å². The van der Waals surface area contributed by atoms with Gasteiger partial charge in [0.2, 0.25) is 5.91 Å². The molecule has 1 N–H and O–H groups in total. The number of nitrogens with one attached hydrogen (secondary N) is 1. The number of likely N-dealkylation sites (tertiary alicyclic amines) is 1. The van der Waals surface area contributed by atoms with Crippen LogP contribution in [0.4, 0.5) is 0 Å². The molecule has 1 aliphatic heterocycles. The van der Waals surface area contributed by atoms with Gasteiger partial charge in [-0.3, -0.25) is 14.6 Å². The molecular weight excluding hydrogens is 306 g/mol. The van der Waals surface area contributed by atoms with Crippen molar-refractivity contribution < 1.29 is 14.0 Å². The Morgan fingerprint density at radius 3 is 3.00 bits per heavy atom. The zero-order valence-electron chi connectivity index (χ0n) is 13.7. The van der Waals surface area contributed by atoms with Crippen LogP contribution in [0.1, 0.15) is 34.7 Å². The normalized spacial score (nSPS) is 17.5. The number of piperidine rings is 1. The number of hydrogen-bond donors (Lipinski definition) is 1. The summed E-state index contributed by atoms with van der Waals surface area (Å²) in [6.07, 6.45) is 5.18. The van der Waals surface area contributed by atoms with Gasteiger partial charge < -0.3 is 14.6 Å². The summed E-state index contributed by atoms with van der Waals surface area (Å²) < 4.78 is 5.17. The van der Waals surface area contributed by atoms with E-state index in [0.29, 0.717) is 18.8 Å². The third-order valence-electron chi connectivity index (χ3n) is 4.25. The van der Waals surface area contributed by atoms with Gasteiger partial charge in [0, 0.05) is 25.3 Å². The van der Waals surface area contributed by atoms with Crippen LogP contribution >= 0.6 is 0 Å². The zero-order valence-corrected chi connectivity index (χ0v) is 13.7. The average Bonchev–Trinajstić information content (AvgIpc) is 3.11. The maximum absolute atomic E-state index is 12.3. The van der Waals surface area contributed by atoms with E-state index in [9.17, 15) is 9.59 Å². The summed E-state index contributed by atoms with van der Waals surface area (Å²) in [6, 6.07) is 7.13. The standard InChI is InChI=1S/C18H21N3O3/c1-13-5-2-8-19-15(13)11-17(22)20-14-6-3-9-21(12-14)18(23)16-7-4-10-24-16/h2,4-5,7-8,10,14H,3,6,9,11-12H2,1H3,(H,20,22). The van der Waals surface area contributed by atoms with E-state index in [1.165, 1.54) is 6.26 Å². The van der Waals surface area contributed by atoms with Crippen LogP contribution in [0.15, 0.2) is 41.1 Å². The van der Waals surface area contributed by atoms with Crippen LogP contribution in [-0.2, 0) is 11.2 Å². The predicted octanol–water partition coefficient (Wildman–Crippen LogP) is 1.95. The van der Waals surface area contributed by atoms with Gasteiger partial charge in [-0.1, -0.05) is 6.07 Å². The highest BCUT2D eigenvalue weighted by Gasteiger charge is 2.26. The number of amides is 2. The molecule has 0 aliphatic carbocycles. The van der Waals surface area contributed by atoms with E-state index in [1.807, 2.05) is 19.1 Å². The second kappa shape index (κ2) is 7.29. The lowest BCUT2D eigenvalue weighted by Crippen LogP contribution is -2.49. The average molecular weight is 327 g/mol. The van der Waals surface area contributed by atoms with E-state index >= 15 is 0 Å². The predicted molar refractivity (Wildman–Crippen MR) is 88.5 cm³/mol. The molecule has 0 bridgehead atoms. The Balaban J connectivity index is 1.56. The molecule has 3 rings (SSSR count). The Kier molecular flexibility index (Phi) is 4.93. The molecule has 2 aromatic rings. The van der Waals surface area contributed by atoms with E-state index in [-0.39, 0.29) is 24.3 Å². The molecule has 1 aliphatic rings. The van der Waals surface area contributed by atoms with Gasteiger partial charge in [0.15, 0.2) is 5.76 Å². The van der Waals surface area contributed by atoms with Crippen LogP contribution in [0.3, 0.4) is 0 Å². The molecule has 0 aromatic carbocycles. The lowest BCUT2D eigenvalue weighted by Gasteiger charge is -2.32. The van der Waals surface area contributed by atoms with Gasteiger partial charge in [0.25, 0.3) is 5.91 Å². The summed E-state index contributed by atoms with van der Waals surface area (Å²) in [5, 5.41) is 3.02. The van der Waals surface area contributed by atoms with E-state index in [0.717, 1.165) is 24.1 Å². The quantitative estimate of drug-likeness (QED) is 0.931. The molecule has 24 heavy (non-hydrogen) atoms. The second-order valence-corrected chi connectivity index (χ2v) is 6.08. The first-order valence-electron chi connectivity index (χ1n) is 8.16. The van der Waals surface area contributed by atoms with Crippen molar-refractivity contribution in [1.82, 2.24) is 15.2 Å². The van der Waals surface area contributed by atoms with Crippen molar-refractivity contribution in [2.24, 2.45) is 0 Å². The van der Waals surface area contributed by atoms with Gasteiger partial charge in [-0.25, -0.2) is 0 Å². The number of carbonyl (C=O) groups excluding carboxylic acids is 2. The van der Waals surface area contributed by atoms with E-state index in [1.54, 1.807) is 23.2 Å². The number of nitrogens with zero attached hydrogens (tertiary/aromatic N) is 2. The van der Waals surface area contributed by atoms with Gasteiger partial charge in [0.1, 0.15) is 0 Å². The smallest absolute Gasteiger partial charge is 0.289 e. The van der Waals surface area contributed by atoms with E-state index < -0.39 is 0 Å². The minimum atomic E-state index is -0.125. The molecule has 6 nitrogen and oxygen atoms in total. The first-order chi connectivity index (χ1) is 11.6. The zero-order chi connectivity index (χ0) is 16.9. The molecule has 0 radical (unpaired) electrons. The Morgan fingerprint density at radius 1 is 1.38 bits per heavy atom. The molecule has 0 saturated carbocycles. The number of hydrogen-bond acceptors (Lipinski definition) is 4. The summed E-state index contributed by atoms with van der Waals surface area (Å²) >= 11 is 0. The molecule has 126 valence electrons. The SMILES string of the molecule is Cc1cccnc1CC(=O)NC1CCCN(C(=O)c2ccco2)C1. The maximum Gasteiger partial charge on any atom is 0.289 e. The minimum Gasteiger partial charge on any atom is -0.459 e. The molecule has 6 heteroatoms. The Labute approximate surface area is 140 Å². The fourth-order valence-corrected chi connectivity index (χ4v) is 2.97. The van der Waals surface area contributed by atoms with Crippen LogP contribution in [0.25, 0.3) is 0 Å². The fourth-order valence-electron chi connectivity index (χ4n) is 2.97. The Hall–Kier alpha value is -2.63. The molecule has 1 saturated heterocycles. The van der Waals surface area contributed by atoms with Crippen LogP contribution in [0.2, 0.25) is 0 Å². The third kappa shape index (κ3) is 3.82. The summed E-state index contributed by atoms with van der Waals surface area (Å²) in [6.45, 7) is 3.14. The Morgan fingerprint density at radius 2 is 2.25 bits per heavy atom. The molecule has 1 fully saturated rings. The molecule has 3 heterocycles. The summed E-state index contributed by atoms with van der Waals surface area (Å²) in [7, 11) is 0. The number of rotatable bonds is 4. The van der Waals surface area contributed by atoms with Crippen molar-refractivity contribution in [2.75, 3.05) is 13.1 Å². The molecule has 1 atom stereocenters. The molecule has 1 unspecified atom stereocenters. The van der Waals surface area contributed by atoms with Gasteiger partial charge in [0.05, 0.1) is 18.4 Å². The molecule has 0 spiro atoms. The molecule has 2 amide bonds. The van der Waals surface area contributed by atoms with Crippen molar-refractivity contribution in [1.29, 1.82) is 0 Å². The van der Waals surface area contributed by atoms with Crippen LogP contribution < -0.4 is 5.32 Å². The molecule has 2 aromatic heterocycles. The number of carbonyl (C=O) groups is 2. The fraction of sp³-hybridized carbons (Fsp3) is 0.389. The second-order valence-electron chi connectivity index (χ2n) is 6.08. The number of aryl methyl sites for hydroxylation is 1. The first kappa shape index (κ1) is 16.2. The monoisotopic (exact) mass is 327 g/mol.